The number of thioether (sulfide) groups is 1. The number of carbonyl (C=O) groups excluding carboxylic acids is 1. The lowest BCUT2D eigenvalue weighted by molar-refractivity contribution is -0.113. The zero-order valence-electron chi connectivity index (χ0n) is 12.2. The van der Waals surface area contributed by atoms with Gasteiger partial charge in [-0.2, -0.15) is 0 Å². The summed E-state index contributed by atoms with van der Waals surface area (Å²) < 4.78 is 0. The molecular formula is C17H18ClNOS. The molecule has 2 aromatic carbocycles. The van der Waals surface area contributed by atoms with Crippen molar-refractivity contribution in [3.63, 3.8) is 0 Å². The predicted octanol–water partition coefficient (Wildman–Crippen LogP) is 4.83. The summed E-state index contributed by atoms with van der Waals surface area (Å²) in [5.74, 6) is 1.27. The first kappa shape index (κ1) is 15.9. The number of carbonyl (C=O) groups is 1. The molecule has 0 atom stereocenters. The van der Waals surface area contributed by atoms with E-state index in [2.05, 4.69) is 11.4 Å². The largest absolute Gasteiger partial charge is 0.325 e. The van der Waals surface area contributed by atoms with E-state index in [9.17, 15) is 4.79 Å². The molecule has 2 aromatic rings. The van der Waals surface area contributed by atoms with E-state index in [-0.39, 0.29) is 5.91 Å². The van der Waals surface area contributed by atoms with Gasteiger partial charge in [-0.05, 0) is 43.2 Å². The van der Waals surface area contributed by atoms with E-state index in [1.54, 1.807) is 11.8 Å². The first-order chi connectivity index (χ1) is 10.0. The Morgan fingerprint density at radius 2 is 1.86 bits per heavy atom. The van der Waals surface area contributed by atoms with Gasteiger partial charge in [0.25, 0.3) is 0 Å². The van der Waals surface area contributed by atoms with Crippen molar-refractivity contribution in [2.24, 2.45) is 0 Å². The second-order valence-corrected chi connectivity index (χ2v) is 6.41. The second kappa shape index (κ2) is 7.53. The molecular weight excluding hydrogens is 302 g/mol. The lowest BCUT2D eigenvalue weighted by Gasteiger charge is -2.09. The smallest absolute Gasteiger partial charge is 0.234 e. The topological polar surface area (TPSA) is 29.1 Å². The Morgan fingerprint density at radius 1 is 1.14 bits per heavy atom. The summed E-state index contributed by atoms with van der Waals surface area (Å²) in [5.41, 5.74) is 4.34. The van der Waals surface area contributed by atoms with Crippen LogP contribution >= 0.6 is 23.4 Å². The fourth-order valence-electron chi connectivity index (χ4n) is 1.98. The maximum atomic E-state index is 11.9. The van der Waals surface area contributed by atoms with Crippen LogP contribution < -0.4 is 5.32 Å². The standard InChI is InChI=1S/C17H18ClNOS/c1-12-3-8-16(13(2)9-12)19-17(20)11-21-10-14-4-6-15(18)7-5-14/h3-9H,10-11H2,1-2H3,(H,19,20). The van der Waals surface area contributed by atoms with Crippen LogP contribution in [0.2, 0.25) is 5.02 Å². The highest BCUT2D eigenvalue weighted by atomic mass is 35.5. The van der Waals surface area contributed by atoms with Gasteiger partial charge in [0, 0.05) is 16.5 Å². The maximum absolute atomic E-state index is 11.9. The molecule has 2 nitrogen and oxygen atoms in total. The summed E-state index contributed by atoms with van der Waals surface area (Å²) in [4.78, 5) is 11.9. The molecule has 1 amide bonds. The van der Waals surface area contributed by atoms with Crippen LogP contribution in [0.3, 0.4) is 0 Å². The zero-order chi connectivity index (χ0) is 15.2. The number of aryl methyl sites for hydroxylation is 2. The van der Waals surface area contributed by atoms with Crippen LogP contribution in [0.5, 0.6) is 0 Å². The number of anilines is 1. The Kier molecular flexibility index (Phi) is 5.71. The van der Waals surface area contributed by atoms with Gasteiger partial charge in [-0.3, -0.25) is 4.79 Å². The summed E-state index contributed by atoms with van der Waals surface area (Å²) in [7, 11) is 0. The van der Waals surface area contributed by atoms with Crippen LogP contribution in [0.1, 0.15) is 16.7 Å². The van der Waals surface area contributed by atoms with Gasteiger partial charge in [0.2, 0.25) is 5.91 Å². The van der Waals surface area contributed by atoms with Crippen LogP contribution in [-0.2, 0) is 10.5 Å². The average molecular weight is 320 g/mol. The summed E-state index contributed by atoms with van der Waals surface area (Å²) in [6, 6.07) is 13.7. The van der Waals surface area contributed by atoms with E-state index in [0.717, 1.165) is 22.0 Å². The van der Waals surface area contributed by atoms with Gasteiger partial charge in [0.05, 0.1) is 5.75 Å². The van der Waals surface area contributed by atoms with Gasteiger partial charge < -0.3 is 5.32 Å². The molecule has 0 radical (unpaired) electrons. The van der Waals surface area contributed by atoms with E-state index in [1.165, 1.54) is 11.1 Å². The van der Waals surface area contributed by atoms with Crippen LogP contribution in [0, 0.1) is 13.8 Å². The van der Waals surface area contributed by atoms with Crippen LogP contribution in [0.25, 0.3) is 0 Å². The van der Waals surface area contributed by atoms with Crippen LogP contribution in [0.15, 0.2) is 42.5 Å². The minimum atomic E-state index is 0.0286. The lowest BCUT2D eigenvalue weighted by Crippen LogP contribution is -2.15. The van der Waals surface area contributed by atoms with E-state index >= 15 is 0 Å². The van der Waals surface area contributed by atoms with Crippen molar-refractivity contribution >= 4 is 35.0 Å². The molecule has 0 heterocycles. The number of benzene rings is 2. The molecule has 0 spiro atoms. The molecule has 0 bridgehead atoms. The third-order valence-corrected chi connectivity index (χ3v) is 4.33. The molecule has 1 N–H and O–H groups in total. The quantitative estimate of drug-likeness (QED) is 0.855. The Morgan fingerprint density at radius 3 is 2.52 bits per heavy atom. The predicted molar refractivity (Wildman–Crippen MR) is 92.2 cm³/mol. The zero-order valence-corrected chi connectivity index (χ0v) is 13.7. The first-order valence-corrected chi connectivity index (χ1v) is 8.27. The second-order valence-electron chi connectivity index (χ2n) is 4.99. The Bertz CT molecular complexity index is 625. The van der Waals surface area contributed by atoms with Crippen molar-refractivity contribution in [2.75, 3.05) is 11.1 Å². The lowest BCUT2D eigenvalue weighted by atomic mass is 10.1. The Hall–Kier alpha value is -1.45. The normalized spacial score (nSPS) is 10.4. The van der Waals surface area contributed by atoms with E-state index in [0.29, 0.717) is 5.75 Å². The average Bonchev–Trinajstić information content (AvgIpc) is 2.44. The number of rotatable bonds is 5. The van der Waals surface area contributed by atoms with Crippen LogP contribution in [0.4, 0.5) is 5.69 Å². The van der Waals surface area contributed by atoms with E-state index in [1.807, 2.05) is 50.2 Å². The van der Waals surface area contributed by atoms with Gasteiger partial charge in [-0.25, -0.2) is 0 Å². The van der Waals surface area contributed by atoms with Crippen molar-refractivity contribution in [2.45, 2.75) is 19.6 Å². The number of amides is 1. The number of halogens is 1. The number of hydrogen-bond acceptors (Lipinski definition) is 2. The Balaban J connectivity index is 1.81. The van der Waals surface area contributed by atoms with Gasteiger partial charge in [-0.15, -0.1) is 11.8 Å². The molecule has 0 aliphatic carbocycles. The van der Waals surface area contributed by atoms with Crippen molar-refractivity contribution in [3.8, 4) is 0 Å². The van der Waals surface area contributed by atoms with E-state index < -0.39 is 0 Å². The van der Waals surface area contributed by atoms with Crippen LogP contribution in [-0.4, -0.2) is 11.7 Å². The molecule has 0 saturated carbocycles. The van der Waals surface area contributed by atoms with Gasteiger partial charge in [0.15, 0.2) is 0 Å². The Labute approximate surface area is 134 Å². The highest BCUT2D eigenvalue weighted by molar-refractivity contribution is 7.99. The first-order valence-electron chi connectivity index (χ1n) is 6.74. The van der Waals surface area contributed by atoms with Crippen molar-refractivity contribution in [1.29, 1.82) is 0 Å². The molecule has 0 aliphatic rings. The fraction of sp³-hybridized carbons (Fsp3) is 0.235. The summed E-state index contributed by atoms with van der Waals surface area (Å²) in [5, 5.41) is 3.68. The molecule has 2 rings (SSSR count). The van der Waals surface area contributed by atoms with Crippen molar-refractivity contribution in [3.05, 3.63) is 64.2 Å². The summed E-state index contributed by atoms with van der Waals surface area (Å²) >= 11 is 7.43. The monoisotopic (exact) mass is 319 g/mol. The minimum Gasteiger partial charge on any atom is -0.325 e. The fourth-order valence-corrected chi connectivity index (χ4v) is 2.90. The molecule has 0 saturated heterocycles. The molecule has 4 heteroatoms. The molecule has 21 heavy (non-hydrogen) atoms. The third kappa shape index (κ3) is 5.10. The third-order valence-electron chi connectivity index (χ3n) is 3.07. The number of nitrogens with one attached hydrogen (secondary N) is 1. The number of hydrogen-bond donors (Lipinski definition) is 1. The van der Waals surface area contributed by atoms with Gasteiger partial charge in [-0.1, -0.05) is 41.4 Å². The highest BCUT2D eigenvalue weighted by Gasteiger charge is 2.05. The maximum Gasteiger partial charge on any atom is 0.234 e. The van der Waals surface area contributed by atoms with E-state index in [4.69, 9.17) is 11.6 Å². The van der Waals surface area contributed by atoms with Gasteiger partial charge >= 0.3 is 0 Å². The van der Waals surface area contributed by atoms with Gasteiger partial charge in [0.1, 0.15) is 0 Å². The molecule has 0 aliphatic heterocycles. The summed E-state index contributed by atoms with van der Waals surface area (Å²) in [6.07, 6.45) is 0. The molecule has 110 valence electrons. The molecule has 0 aromatic heterocycles. The van der Waals surface area contributed by atoms with Crippen molar-refractivity contribution < 1.29 is 4.79 Å². The summed E-state index contributed by atoms with van der Waals surface area (Å²) in [6.45, 7) is 4.05. The SMILES string of the molecule is Cc1ccc(NC(=O)CSCc2ccc(Cl)cc2)c(C)c1. The van der Waals surface area contributed by atoms with Crippen molar-refractivity contribution in [1.82, 2.24) is 0 Å². The molecule has 0 unspecified atom stereocenters. The minimum absolute atomic E-state index is 0.0286. The highest BCUT2D eigenvalue weighted by Crippen LogP contribution is 2.18. The molecule has 0 fully saturated rings.